The Bertz CT molecular complexity index is 961. The highest BCUT2D eigenvalue weighted by atomic mass is 16.2. The largest absolute Gasteiger partial charge is 0.352 e. The molecule has 6 heteroatoms. The Morgan fingerprint density at radius 1 is 1.23 bits per heavy atom. The Morgan fingerprint density at radius 2 is 2.04 bits per heavy atom. The lowest BCUT2D eigenvalue weighted by atomic mass is 10.1. The van der Waals surface area contributed by atoms with Crippen LogP contribution in [0.15, 0.2) is 54.9 Å². The van der Waals surface area contributed by atoms with Crippen molar-refractivity contribution in [2.24, 2.45) is 5.92 Å². The van der Waals surface area contributed by atoms with E-state index in [2.05, 4.69) is 10.4 Å². The van der Waals surface area contributed by atoms with Gasteiger partial charge in [0.1, 0.15) is 0 Å². The Morgan fingerprint density at radius 3 is 2.85 bits per heavy atom. The first-order chi connectivity index (χ1) is 12.6. The van der Waals surface area contributed by atoms with Gasteiger partial charge in [-0.05, 0) is 31.2 Å². The Kier molecular flexibility index (Phi) is 4.16. The highest BCUT2D eigenvalue weighted by Crippen LogP contribution is 2.25. The molecule has 4 rings (SSSR count). The standard InChI is InChI=1S/C20H20N4O2/c1-14-5-7-17(8-6-14)23-13-15(10-19(23)25)20(26)21-11-16-12-22-24-9-3-2-4-18(16)24/h2-9,12,15H,10-11,13H2,1H3,(H,21,26). The summed E-state index contributed by atoms with van der Waals surface area (Å²) in [6.07, 6.45) is 3.87. The first kappa shape index (κ1) is 16.3. The van der Waals surface area contributed by atoms with Crippen molar-refractivity contribution in [1.29, 1.82) is 0 Å². The summed E-state index contributed by atoms with van der Waals surface area (Å²) in [5, 5.41) is 7.22. The number of rotatable bonds is 4. The second-order valence-electron chi connectivity index (χ2n) is 6.66. The zero-order valence-electron chi connectivity index (χ0n) is 14.6. The summed E-state index contributed by atoms with van der Waals surface area (Å²) < 4.78 is 1.78. The molecule has 0 aliphatic carbocycles. The molecule has 2 amide bonds. The van der Waals surface area contributed by atoms with Gasteiger partial charge in [0.25, 0.3) is 0 Å². The van der Waals surface area contributed by atoms with Crippen LogP contribution in [0.25, 0.3) is 5.52 Å². The Hall–Kier alpha value is -3.15. The van der Waals surface area contributed by atoms with Crippen LogP contribution in [0.5, 0.6) is 0 Å². The van der Waals surface area contributed by atoms with Crippen LogP contribution >= 0.6 is 0 Å². The predicted molar refractivity (Wildman–Crippen MR) is 98.7 cm³/mol. The molecule has 1 unspecified atom stereocenters. The van der Waals surface area contributed by atoms with Gasteiger partial charge in [-0.1, -0.05) is 23.8 Å². The molecule has 1 aliphatic heterocycles. The first-order valence-corrected chi connectivity index (χ1v) is 8.68. The van der Waals surface area contributed by atoms with E-state index in [-0.39, 0.29) is 24.2 Å². The SMILES string of the molecule is Cc1ccc(N2CC(C(=O)NCc3cnn4ccccc34)CC2=O)cc1. The number of hydrogen-bond donors (Lipinski definition) is 1. The van der Waals surface area contributed by atoms with Crippen LogP contribution in [0, 0.1) is 12.8 Å². The molecule has 132 valence electrons. The average Bonchev–Trinajstić information content (AvgIpc) is 3.24. The fraction of sp³-hybridized carbons (Fsp3) is 0.250. The van der Waals surface area contributed by atoms with Crippen LogP contribution in [0.4, 0.5) is 5.69 Å². The van der Waals surface area contributed by atoms with Crippen LogP contribution in [-0.4, -0.2) is 28.0 Å². The van der Waals surface area contributed by atoms with Gasteiger partial charge in [0.15, 0.2) is 0 Å². The molecule has 0 saturated carbocycles. The van der Waals surface area contributed by atoms with Gasteiger partial charge >= 0.3 is 0 Å². The van der Waals surface area contributed by atoms with E-state index in [1.165, 1.54) is 0 Å². The summed E-state index contributed by atoms with van der Waals surface area (Å²) in [4.78, 5) is 26.5. The number of nitrogens with one attached hydrogen (secondary N) is 1. The number of aromatic nitrogens is 2. The van der Waals surface area contributed by atoms with Gasteiger partial charge < -0.3 is 10.2 Å². The number of fused-ring (bicyclic) bond motifs is 1. The van der Waals surface area contributed by atoms with E-state index in [0.29, 0.717) is 13.1 Å². The molecule has 0 bridgehead atoms. The fourth-order valence-electron chi connectivity index (χ4n) is 3.31. The molecule has 1 fully saturated rings. The number of amides is 2. The van der Waals surface area contributed by atoms with Crippen LogP contribution in [-0.2, 0) is 16.1 Å². The van der Waals surface area contributed by atoms with Gasteiger partial charge in [0.2, 0.25) is 11.8 Å². The van der Waals surface area contributed by atoms with Crippen molar-refractivity contribution in [3.63, 3.8) is 0 Å². The minimum atomic E-state index is -0.328. The maximum Gasteiger partial charge on any atom is 0.227 e. The van der Waals surface area contributed by atoms with E-state index < -0.39 is 0 Å². The number of benzene rings is 1. The molecule has 3 heterocycles. The molecule has 1 saturated heterocycles. The molecule has 2 aromatic heterocycles. The summed E-state index contributed by atoms with van der Waals surface area (Å²) in [7, 11) is 0. The average molecular weight is 348 g/mol. The van der Waals surface area contributed by atoms with E-state index in [4.69, 9.17) is 0 Å². The Balaban J connectivity index is 1.41. The van der Waals surface area contributed by atoms with E-state index in [1.54, 1.807) is 15.6 Å². The molecule has 6 nitrogen and oxygen atoms in total. The van der Waals surface area contributed by atoms with Crippen molar-refractivity contribution in [2.45, 2.75) is 19.9 Å². The zero-order valence-corrected chi connectivity index (χ0v) is 14.6. The zero-order chi connectivity index (χ0) is 18.1. The highest BCUT2D eigenvalue weighted by Gasteiger charge is 2.35. The first-order valence-electron chi connectivity index (χ1n) is 8.68. The van der Waals surface area contributed by atoms with Gasteiger partial charge in [0.05, 0.1) is 17.6 Å². The van der Waals surface area contributed by atoms with E-state index >= 15 is 0 Å². The number of nitrogens with zero attached hydrogens (tertiary/aromatic N) is 3. The molecule has 26 heavy (non-hydrogen) atoms. The minimum absolute atomic E-state index is 0.00927. The van der Waals surface area contributed by atoms with Crippen molar-refractivity contribution < 1.29 is 9.59 Å². The summed E-state index contributed by atoms with van der Waals surface area (Å²) in [6, 6.07) is 13.6. The third-order valence-electron chi connectivity index (χ3n) is 4.80. The monoisotopic (exact) mass is 348 g/mol. The number of carbonyl (C=O) groups is 2. The van der Waals surface area contributed by atoms with Crippen LogP contribution < -0.4 is 10.2 Å². The summed E-state index contributed by atoms with van der Waals surface area (Å²) >= 11 is 0. The van der Waals surface area contributed by atoms with Gasteiger partial charge in [-0.2, -0.15) is 5.10 Å². The van der Waals surface area contributed by atoms with E-state index in [0.717, 1.165) is 22.3 Å². The smallest absolute Gasteiger partial charge is 0.227 e. The molecule has 1 N–H and O–H groups in total. The van der Waals surface area contributed by atoms with Crippen molar-refractivity contribution in [3.8, 4) is 0 Å². The van der Waals surface area contributed by atoms with Gasteiger partial charge in [0, 0.05) is 37.0 Å². The Labute approximate surface area is 151 Å². The number of pyridine rings is 1. The van der Waals surface area contributed by atoms with Crippen molar-refractivity contribution in [2.75, 3.05) is 11.4 Å². The van der Waals surface area contributed by atoms with E-state index in [9.17, 15) is 9.59 Å². The van der Waals surface area contributed by atoms with Crippen molar-refractivity contribution >= 4 is 23.0 Å². The lowest BCUT2D eigenvalue weighted by Crippen LogP contribution is -2.32. The van der Waals surface area contributed by atoms with Crippen molar-refractivity contribution in [3.05, 3.63) is 66.0 Å². The van der Waals surface area contributed by atoms with Gasteiger partial charge in [-0.25, -0.2) is 4.52 Å². The van der Waals surface area contributed by atoms with Gasteiger partial charge in [-0.15, -0.1) is 0 Å². The molecule has 0 radical (unpaired) electrons. The second kappa shape index (κ2) is 6.63. The number of anilines is 1. The van der Waals surface area contributed by atoms with Crippen LogP contribution in [0.3, 0.4) is 0 Å². The molecular weight excluding hydrogens is 328 g/mol. The quantitative estimate of drug-likeness (QED) is 0.787. The number of hydrogen-bond acceptors (Lipinski definition) is 3. The summed E-state index contributed by atoms with van der Waals surface area (Å²) in [5.74, 6) is -0.432. The molecule has 1 atom stereocenters. The summed E-state index contributed by atoms with van der Waals surface area (Å²) in [5.41, 5.74) is 3.91. The third kappa shape index (κ3) is 3.06. The van der Waals surface area contributed by atoms with Crippen LogP contribution in [0.2, 0.25) is 0 Å². The summed E-state index contributed by atoms with van der Waals surface area (Å²) in [6.45, 7) is 2.83. The third-order valence-corrected chi connectivity index (χ3v) is 4.80. The molecule has 0 spiro atoms. The topological polar surface area (TPSA) is 66.7 Å². The lowest BCUT2D eigenvalue weighted by Gasteiger charge is -2.17. The lowest BCUT2D eigenvalue weighted by molar-refractivity contribution is -0.126. The minimum Gasteiger partial charge on any atom is -0.352 e. The maximum atomic E-state index is 12.5. The molecular formula is C20H20N4O2. The predicted octanol–water partition coefficient (Wildman–Crippen LogP) is 2.31. The molecule has 3 aromatic rings. The highest BCUT2D eigenvalue weighted by molar-refractivity contribution is 6.00. The molecule has 1 aromatic carbocycles. The van der Waals surface area contributed by atoms with E-state index in [1.807, 2.05) is 55.6 Å². The van der Waals surface area contributed by atoms with Crippen molar-refractivity contribution in [1.82, 2.24) is 14.9 Å². The van der Waals surface area contributed by atoms with Crippen LogP contribution in [0.1, 0.15) is 17.5 Å². The normalized spacial score (nSPS) is 17.0. The van der Waals surface area contributed by atoms with Gasteiger partial charge in [-0.3, -0.25) is 9.59 Å². The molecule has 1 aliphatic rings. The number of carbonyl (C=O) groups excluding carboxylic acids is 2. The maximum absolute atomic E-state index is 12.5. The fourth-order valence-corrected chi connectivity index (χ4v) is 3.31. The second-order valence-corrected chi connectivity index (χ2v) is 6.66. The number of aryl methyl sites for hydroxylation is 1.